The zero-order chi connectivity index (χ0) is 12.6. The summed E-state index contributed by atoms with van der Waals surface area (Å²) in [6.45, 7) is 4.47. The highest BCUT2D eigenvalue weighted by Crippen LogP contribution is 2.24. The highest BCUT2D eigenvalue weighted by molar-refractivity contribution is 9.10. The molecule has 0 aromatic carbocycles. The van der Waals surface area contributed by atoms with E-state index < -0.39 is 10.0 Å². The molecule has 0 amide bonds. The smallest absolute Gasteiger partial charge is 0.246 e. The van der Waals surface area contributed by atoms with E-state index in [2.05, 4.69) is 15.9 Å². The molecule has 2 heterocycles. The van der Waals surface area contributed by atoms with E-state index in [1.165, 1.54) is 16.6 Å². The lowest BCUT2D eigenvalue weighted by Gasteiger charge is -2.34. The van der Waals surface area contributed by atoms with E-state index in [0.717, 1.165) is 0 Å². The van der Waals surface area contributed by atoms with E-state index >= 15 is 0 Å². The molecule has 0 N–H and O–H groups in total. The first-order chi connectivity index (χ1) is 7.89. The molecule has 0 bridgehead atoms. The first-order valence-electron chi connectivity index (χ1n) is 5.29. The molecular weight excluding hydrogens is 310 g/mol. The molecule has 1 unspecified atom stereocenters. The van der Waals surface area contributed by atoms with Crippen LogP contribution in [-0.4, -0.2) is 38.0 Å². The van der Waals surface area contributed by atoms with E-state index in [4.69, 9.17) is 9.15 Å². The van der Waals surface area contributed by atoms with Crippen molar-refractivity contribution >= 4 is 26.0 Å². The van der Waals surface area contributed by atoms with Gasteiger partial charge in [-0.05, 0) is 29.8 Å². The number of hydrogen-bond acceptors (Lipinski definition) is 4. The van der Waals surface area contributed by atoms with Gasteiger partial charge in [-0.15, -0.1) is 0 Å². The van der Waals surface area contributed by atoms with E-state index in [9.17, 15) is 8.42 Å². The average molecular weight is 324 g/mol. The van der Waals surface area contributed by atoms with Crippen LogP contribution in [0.4, 0.5) is 0 Å². The third-order valence-corrected chi connectivity index (χ3v) is 4.77. The molecular formula is C10H14BrNO4S. The molecule has 1 aromatic rings. The maximum absolute atomic E-state index is 12.3. The fourth-order valence-electron chi connectivity index (χ4n) is 1.91. The monoisotopic (exact) mass is 323 g/mol. The van der Waals surface area contributed by atoms with Crippen molar-refractivity contribution in [3.63, 3.8) is 0 Å². The minimum atomic E-state index is -3.48. The maximum Gasteiger partial charge on any atom is 0.246 e. The molecule has 2 rings (SSSR count). The van der Waals surface area contributed by atoms with Gasteiger partial charge in [0.15, 0.2) is 4.67 Å². The van der Waals surface area contributed by atoms with Gasteiger partial charge in [-0.3, -0.25) is 0 Å². The molecule has 1 aliphatic rings. The standard InChI is InChI=1S/C10H14BrNO4S/c1-7-4-12(5-8(2)16-7)17(13,14)9-3-10(11)15-6-9/h3,6-8H,4-5H2,1-2H3/t7-,8?/m0/s1. The Morgan fingerprint density at radius 2 is 1.94 bits per heavy atom. The molecule has 2 atom stereocenters. The van der Waals surface area contributed by atoms with Crippen LogP contribution in [0.5, 0.6) is 0 Å². The molecule has 17 heavy (non-hydrogen) atoms. The molecule has 0 aliphatic carbocycles. The van der Waals surface area contributed by atoms with Crippen molar-refractivity contribution in [3.05, 3.63) is 17.0 Å². The van der Waals surface area contributed by atoms with E-state index in [1.54, 1.807) is 0 Å². The molecule has 1 aromatic heterocycles. The van der Waals surface area contributed by atoms with Crippen LogP contribution in [0, 0.1) is 0 Å². The van der Waals surface area contributed by atoms with Crippen molar-refractivity contribution in [2.75, 3.05) is 13.1 Å². The quantitative estimate of drug-likeness (QED) is 0.833. The second-order valence-corrected chi connectivity index (χ2v) is 6.89. The van der Waals surface area contributed by atoms with Gasteiger partial charge in [0.25, 0.3) is 0 Å². The first-order valence-corrected chi connectivity index (χ1v) is 7.52. The topological polar surface area (TPSA) is 59.8 Å². The van der Waals surface area contributed by atoms with Crippen molar-refractivity contribution in [1.29, 1.82) is 0 Å². The van der Waals surface area contributed by atoms with Gasteiger partial charge in [0.05, 0.1) is 12.2 Å². The average Bonchev–Trinajstić information content (AvgIpc) is 2.64. The summed E-state index contributed by atoms with van der Waals surface area (Å²) in [5.41, 5.74) is 0. The summed E-state index contributed by atoms with van der Waals surface area (Å²) in [6, 6.07) is 1.46. The van der Waals surface area contributed by atoms with Gasteiger partial charge >= 0.3 is 0 Å². The normalized spacial score (nSPS) is 27.2. The minimum absolute atomic E-state index is 0.0936. The number of nitrogens with zero attached hydrogens (tertiary/aromatic N) is 1. The molecule has 1 aliphatic heterocycles. The third-order valence-electron chi connectivity index (χ3n) is 2.57. The number of halogens is 1. The number of ether oxygens (including phenoxy) is 1. The molecule has 5 nitrogen and oxygen atoms in total. The molecule has 1 fully saturated rings. The number of sulfonamides is 1. The summed E-state index contributed by atoms with van der Waals surface area (Å²) < 4.78 is 36.9. The van der Waals surface area contributed by atoms with Crippen LogP contribution in [0.15, 0.2) is 26.3 Å². The van der Waals surface area contributed by atoms with Gasteiger partial charge < -0.3 is 9.15 Å². The van der Waals surface area contributed by atoms with Crippen molar-refractivity contribution in [1.82, 2.24) is 4.31 Å². The van der Waals surface area contributed by atoms with E-state index in [-0.39, 0.29) is 17.1 Å². The predicted molar refractivity (Wildman–Crippen MR) is 65.2 cm³/mol. The summed E-state index contributed by atoms with van der Waals surface area (Å²) in [4.78, 5) is 0.172. The van der Waals surface area contributed by atoms with Gasteiger partial charge in [-0.25, -0.2) is 8.42 Å². The van der Waals surface area contributed by atoms with Gasteiger partial charge in [0.2, 0.25) is 10.0 Å². The number of hydrogen-bond donors (Lipinski definition) is 0. The Bertz CT molecular complexity index is 488. The van der Waals surface area contributed by atoms with Crippen molar-refractivity contribution < 1.29 is 17.6 Å². The lowest BCUT2D eigenvalue weighted by Crippen LogP contribution is -2.47. The van der Waals surface area contributed by atoms with Gasteiger partial charge in [0, 0.05) is 19.2 Å². The molecule has 0 spiro atoms. The SMILES string of the molecule is CC1CN(S(=O)(=O)c2coc(Br)c2)C[C@H](C)O1. The first kappa shape index (κ1) is 13.1. The number of morpholine rings is 1. The Morgan fingerprint density at radius 1 is 1.35 bits per heavy atom. The Hall–Kier alpha value is -0.370. The maximum atomic E-state index is 12.3. The van der Waals surface area contributed by atoms with E-state index in [0.29, 0.717) is 17.8 Å². The van der Waals surface area contributed by atoms with Crippen LogP contribution in [0.3, 0.4) is 0 Å². The number of furan rings is 1. The second-order valence-electron chi connectivity index (χ2n) is 4.17. The fraction of sp³-hybridized carbons (Fsp3) is 0.600. The van der Waals surface area contributed by atoms with Crippen LogP contribution in [0.1, 0.15) is 13.8 Å². The molecule has 0 radical (unpaired) electrons. The number of rotatable bonds is 2. The Kier molecular flexibility index (Phi) is 3.63. The Labute approximate surface area is 109 Å². The molecule has 7 heteroatoms. The highest BCUT2D eigenvalue weighted by atomic mass is 79.9. The molecule has 0 saturated carbocycles. The zero-order valence-electron chi connectivity index (χ0n) is 9.59. The molecule has 96 valence electrons. The van der Waals surface area contributed by atoms with Crippen LogP contribution in [0.2, 0.25) is 0 Å². The summed E-state index contributed by atoms with van der Waals surface area (Å²) in [6.07, 6.45) is 1.05. The highest BCUT2D eigenvalue weighted by Gasteiger charge is 2.33. The van der Waals surface area contributed by atoms with Crippen LogP contribution in [0.25, 0.3) is 0 Å². The summed E-state index contributed by atoms with van der Waals surface area (Å²) >= 11 is 3.10. The Morgan fingerprint density at radius 3 is 2.41 bits per heavy atom. The lowest BCUT2D eigenvalue weighted by molar-refractivity contribution is -0.0440. The third kappa shape index (κ3) is 2.73. The Balaban J connectivity index is 2.26. The minimum Gasteiger partial charge on any atom is -0.456 e. The van der Waals surface area contributed by atoms with Gasteiger partial charge in [-0.2, -0.15) is 4.31 Å². The van der Waals surface area contributed by atoms with Gasteiger partial charge in [0.1, 0.15) is 11.2 Å². The predicted octanol–water partition coefficient (Wildman–Crippen LogP) is 1.84. The van der Waals surface area contributed by atoms with Gasteiger partial charge in [-0.1, -0.05) is 0 Å². The largest absolute Gasteiger partial charge is 0.456 e. The summed E-state index contributed by atoms with van der Waals surface area (Å²) in [7, 11) is -3.48. The van der Waals surface area contributed by atoms with Crippen LogP contribution >= 0.6 is 15.9 Å². The molecule has 1 saturated heterocycles. The van der Waals surface area contributed by atoms with Crippen molar-refractivity contribution in [2.45, 2.75) is 31.0 Å². The zero-order valence-corrected chi connectivity index (χ0v) is 12.0. The van der Waals surface area contributed by atoms with Crippen LogP contribution in [-0.2, 0) is 14.8 Å². The van der Waals surface area contributed by atoms with E-state index in [1.807, 2.05) is 13.8 Å². The van der Waals surface area contributed by atoms with Crippen molar-refractivity contribution in [3.8, 4) is 0 Å². The fourth-order valence-corrected chi connectivity index (χ4v) is 3.93. The lowest BCUT2D eigenvalue weighted by atomic mass is 10.3. The second kappa shape index (κ2) is 4.72. The summed E-state index contributed by atoms with van der Waals surface area (Å²) in [5.74, 6) is 0. The summed E-state index contributed by atoms with van der Waals surface area (Å²) in [5, 5.41) is 0. The van der Waals surface area contributed by atoms with Crippen molar-refractivity contribution in [2.24, 2.45) is 0 Å². The van der Waals surface area contributed by atoms with Crippen LogP contribution < -0.4 is 0 Å².